The van der Waals surface area contributed by atoms with Crippen LogP contribution in [0.1, 0.15) is 12.2 Å². The number of aromatic nitrogens is 3. The molecular formula is C21H20FN5O3. The molecule has 30 heavy (non-hydrogen) atoms. The number of rotatable bonds is 6. The van der Waals surface area contributed by atoms with E-state index >= 15 is 0 Å². The Kier molecular flexibility index (Phi) is 5.42. The predicted molar refractivity (Wildman–Crippen MR) is 107 cm³/mol. The van der Waals surface area contributed by atoms with Gasteiger partial charge in [-0.3, -0.25) is 14.7 Å². The lowest BCUT2D eigenvalue weighted by atomic mass is 10.1. The van der Waals surface area contributed by atoms with Gasteiger partial charge in [-0.05, 0) is 36.4 Å². The zero-order chi connectivity index (χ0) is 21.1. The second-order valence-corrected chi connectivity index (χ2v) is 6.91. The summed E-state index contributed by atoms with van der Waals surface area (Å²) in [6, 6.07) is 13.3. The molecule has 2 amide bonds. The van der Waals surface area contributed by atoms with Crippen LogP contribution in [0.4, 0.5) is 10.1 Å². The highest BCUT2D eigenvalue weighted by molar-refractivity contribution is 6.00. The van der Waals surface area contributed by atoms with Gasteiger partial charge in [0.05, 0.1) is 25.3 Å². The lowest BCUT2D eigenvalue weighted by molar-refractivity contribution is -0.126. The minimum absolute atomic E-state index is 0.0354. The number of amides is 2. The van der Waals surface area contributed by atoms with Gasteiger partial charge in [-0.15, -0.1) is 0 Å². The standard InChI is InChI=1S/C21H20FN5O3/c1-30-15-8-6-13(7-9-15)20-24-18(25-26-20)11-23-21(29)14-10-19(28)27(12-14)17-5-3-2-4-16(17)22/h2-9,14H,10-12H2,1H3,(H,23,29)(H,24,25,26). The normalized spacial score (nSPS) is 16.0. The molecule has 4 rings (SSSR count). The van der Waals surface area contributed by atoms with Crippen molar-refractivity contribution in [1.29, 1.82) is 0 Å². The van der Waals surface area contributed by atoms with Crippen LogP contribution in [-0.4, -0.2) is 40.7 Å². The van der Waals surface area contributed by atoms with Crippen molar-refractivity contribution in [2.24, 2.45) is 5.92 Å². The van der Waals surface area contributed by atoms with E-state index in [-0.39, 0.29) is 37.0 Å². The van der Waals surface area contributed by atoms with Gasteiger partial charge in [0, 0.05) is 18.5 Å². The van der Waals surface area contributed by atoms with Crippen molar-refractivity contribution in [1.82, 2.24) is 20.5 Å². The molecule has 0 aliphatic carbocycles. The Labute approximate surface area is 172 Å². The fraction of sp³-hybridized carbons (Fsp3) is 0.238. The SMILES string of the molecule is COc1ccc(-c2n[nH]c(CNC(=O)C3CC(=O)N(c4ccccc4F)C3)n2)cc1. The van der Waals surface area contributed by atoms with Crippen LogP contribution in [-0.2, 0) is 16.1 Å². The van der Waals surface area contributed by atoms with Crippen LogP contribution in [0.5, 0.6) is 5.75 Å². The number of H-pyrrole nitrogens is 1. The molecule has 1 aliphatic rings. The lowest BCUT2D eigenvalue weighted by Crippen LogP contribution is -2.33. The zero-order valence-electron chi connectivity index (χ0n) is 16.3. The molecule has 9 heteroatoms. The summed E-state index contributed by atoms with van der Waals surface area (Å²) in [5.41, 5.74) is 1.00. The van der Waals surface area contributed by atoms with E-state index in [9.17, 15) is 14.0 Å². The first kappa shape index (κ1) is 19.6. The predicted octanol–water partition coefficient (Wildman–Crippen LogP) is 2.29. The first-order chi connectivity index (χ1) is 14.5. The van der Waals surface area contributed by atoms with E-state index in [1.165, 1.54) is 17.0 Å². The van der Waals surface area contributed by atoms with Gasteiger partial charge in [0.1, 0.15) is 17.4 Å². The van der Waals surface area contributed by atoms with E-state index in [4.69, 9.17) is 4.74 Å². The Morgan fingerprint density at radius 2 is 2.03 bits per heavy atom. The first-order valence-electron chi connectivity index (χ1n) is 9.43. The number of anilines is 1. The highest BCUT2D eigenvalue weighted by Crippen LogP contribution is 2.27. The van der Waals surface area contributed by atoms with Gasteiger partial charge < -0.3 is 15.0 Å². The van der Waals surface area contributed by atoms with Gasteiger partial charge in [0.2, 0.25) is 11.8 Å². The number of benzene rings is 2. The van der Waals surface area contributed by atoms with Gasteiger partial charge in [-0.25, -0.2) is 9.37 Å². The minimum atomic E-state index is -0.555. The number of methoxy groups -OCH3 is 1. The number of para-hydroxylation sites is 1. The van der Waals surface area contributed by atoms with E-state index < -0.39 is 11.7 Å². The van der Waals surface area contributed by atoms with Gasteiger partial charge in [-0.1, -0.05) is 12.1 Å². The number of nitrogens with one attached hydrogen (secondary N) is 2. The fourth-order valence-electron chi connectivity index (χ4n) is 3.35. The summed E-state index contributed by atoms with van der Waals surface area (Å²) in [5, 5.41) is 9.72. The topological polar surface area (TPSA) is 100 Å². The van der Waals surface area contributed by atoms with E-state index in [2.05, 4.69) is 20.5 Å². The molecule has 2 N–H and O–H groups in total. The summed E-state index contributed by atoms with van der Waals surface area (Å²) < 4.78 is 19.1. The van der Waals surface area contributed by atoms with Gasteiger partial charge >= 0.3 is 0 Å². The number of ether oxygens (including phenoxy) is 1. The number of aromatic amines is 1. The van der Waals surface area contributed by atoms with E-state index in [0.717, 1.165) is 11.3 Å². The van der Waals surface area contributed by atoms with Crippen molar-refractivity contribution in [2.45, 2.75) is 13.0 Å². The van der Waals surface area contributed by atoms with Crippen LogP contribution >= 0.6 is 0 Å². The van der Waals surface area contributed by atoms with Crippen LogP contribution in [0, 0.1) is 11.7 Å². The molecule has 1 aliphatic heterocycles. The molecule has 1 saturated heterocycles. The van der Waals surface area contributed by atoms with Gasteiger partial charge in [0.25, 0.3) is 0 Å². The summed E-state index contributed by atoms with van der Waals surface area (Å²) in [6.45, 7) is 0.283. The first-order valence-corrected chi connectivity index (χ1v) is 9.43. The molecule has 0 bridgehead atoms. The molecule has 3 aromatic rings. The fourth-order valence-corrected chi connectivity index (χ4v) is 3.35. The molecule has 2 heterocycles. The third kappa shape index (κ3) is 4.00. The minimum Gasteiger partial charge on any atom is -0.497 e. The average Bonchev–Trinajstić information content (AvgIpc) is 3.39. The number of hydrogen-bond acceptors (Lipinski definition) is 5. The molecule has 0 spiro atoms. The summed E-state index contributed by atoms with van der Waals surface area (Å²) in [6.07, 6.45) is 0.0354. The highest BCUT2D eigenvalue weighted by Gasteiger charge is 2.36. The Bertz CT molecular complexity index is 1070. The molecule has 2 aromatic carbocycles. The summed E-state index contributed by atoms with van der Waals surface area (Å²) in [5.74, 6) is 0.123. The van der Waals surface area contributed by atoms with Crippen molar-refractivity contribution < 1.29 is 18.7 Å². The molecule has 0 saturated carbocycles. The smallest absolute Gasteiger partial charge is 0.227 e. The summed E-state index contributed by atoms with van der Waals surface area (Å²) in [7, 11) is 1.59. The number of carbonyl (C=O) groups excluding carboxylic acids is 2. The zero-order valence-corrected chi connectivity index (χ0v) is 16.3. The number of carbonyl (C=O) groups is 2. The monoisotopic (exact) mass is 409 g/mol. The molecule has 8 nitrogen and oxygen atoms in total. The molecule has 154 valence electrons. The Morgan fingerprint density at radius 3 is 2.77 bits per heavy atom. The van der Waals surface area contributed by atoms with E-state index in [1.807, 2.05) is 24.3 Å². The van der Waals surface area contributed by atoms with Crippen molar-refractivity contribution in [3.05, 3.63) is 60.2 Å². The van der Waals surface area contributed by atoms with E-state index in [0.29, 0.717) is 11.6 Å². The van der Waals surface area contributed by atoms with Crippen molar-refractivity contribution in [2.75, 3.05) is 18.6 Å². The molecular weight excluding hydrogens is 389 g/mol. The molecule has 0 radical (unpaired) electrons. The maximum absolute atomic E-state index is 14.0. The second kappa shape index (κ2) is 8.32. The average molecular weight is 409 g/mol. The Balaban J connectivity index is 1.35. The van der Waals surface area contributed by atoms with Crippen molar-refractivity contribution in [3.63, 3.8) is 0 Å². The van der Waals surface area contributed by atoms with Crippen LogP contribution in [0.15, 0.2) is 48.5 Å². The Hall–Kier alpha value is -3.75. The largest absolute Gasteiger partial charge is 0.497 e. The number of halogens is 1. The quantitative estimate of drug-likeness (QED) is 0.651. The third-order valence-electron chi connectivity index (χ3n) is 4.95. The highest BCUT2D eigenvalue weighted by atomic mass is 19.1. The number of nitrogens with zero attached hydrogens (tertiary/aromatic N) is 3. The molecule has 1 unspecified atom stereocenters. The second-order valence-electron chi connectivity index (χ2n) is 6.91. The third-order valence-corrected chi connectivity index (χ3v) is 4.95. The lowest BCUT2D eigenvalue weighted by Gasteiger charge is -2.17. The Morgan fingerprint density at radius 1 is 1.27 bits per heavy atom. The van der Waals surface area contributed by atoms with E-state index in [1.54, 1.807) is 19.2 Å². The van der Waals surface area contributed by atoms with Crippen LogP contribution in [0.3, 0.4) is 0 Å². The maximum atomic E-state index is 14.0. The summed E-state index contributed by atoms with van der Waals surface area (Å²) in [4.78, 5) is 30.5. The van der Waals surface area contributed by atoms with Gasteiger partial charge in [0.15, 0.2) is 5.82 Å². The van der Waals surface area contributed by atoms with Crippen molar-refractivity contribution in [3.8, 4) is 17.1 Å². The van der Waals surface area contributed by atoms with Gasteiger partial charge in [-0.2, -0.15) is 5.10 Å². The maximum Gasteiger partial charge on any atom is 0.227 e. The summed E-state index contributed by atoms with van der Waals surface area (Å²) >= 11 is 0. The van der Waals surface area contributed by atoms with Crippen LogP contribution in [0.25, 0.3) is 11.4 Å². The van der Waals surface area contributed by atoms with Crippen LogP contribution in [0.2, 0.25) is 0 Å². The number of hydrogen-bond donors (Lipinski definition) is 2. The van der Waals surface area contributed by atoms with Crippen LogP contribution < -0.4 is 15.0 Å². The molecule has 1 atom stereocenters. The molecule has 1 fully saturated rings. The molecule has 1 aromatic heterocycles. The van der Waals surface area contributed by atoms with Crippen molar-refractivity contribution >= 4 is 17.5 Å².